The second-order valence-electron chi connectivity index (χ2n) is 6.26. The van der Waals surface area contributed by atoms with E-state index in [1.54, 1.807) is 6.07 Å². The zero-order valence-corrected chi connectivity index (χ0v) is 13.4. The minimum absolute atomic E-state index is 0.0380. The van der Waals surface area contributed by atoms with Crippen LogP contribution >= 0.6 is 0 Å². The van der Waals surface area contributed by atoms with Gasteiger partial charge >= 0.3 is 0 Å². The molecule has 1 aliphatic rings. The lowest BCUT2D eigenvalue weighted by Crippen LogP contribution is -2.40. The lowest BCUT2D eigenvalue weighted by molar-refractivity contribution is 0.150. The first-order valence-electron chi connectivity index (χ1n) is 7.04. The summed E-state index contributed by atoms with van der Waals surface area (Å²) in [6.07, 6.45) is 2.26. The summed E-state index contributed by atoms with van der Waals surface area (Å²) in [4.78, 5) is 2.37. The largest absolute Gasteiger partial charge is 0.397 e. The average molecular weight is 312 g/mol. The number of nitrogen functional groups attached to an aromatic ring is 1. The number of nitrogens with one attached hydrogen (secondary N) is 1. The van der Waals surface area contributed by atoms with Crippen LogP contribution in [0.3, 0.4) is 0 Å². The van der Waals surface area contributed by atoms with Gasteiger partial charge in [0.25, 0.3) is 0 Å². The van der Waals surface area contributed by atoms with Gasteiger partial charge < -0.3 is 16.0 Å². The van der Waals surface area contributed by atoms with E-state index in [0.29, 0.717) is 5.69 Å². The van der Waals surface area contributed by atoms with Crippen molar-refractivity contribution in [2.45, 2.75) is 24.7 Å². The molecule has 0 amide bonds. The Labute approximate surface area is 126 Å². The third kappa shape index (κ3) is 4.09. The number of likely N-dealkylation sites (tertiary alicyclic amines) is 1. The summed E-state index contributed by atoms with van der Waals surface area (Å²) in [5, 5.41) is 8.43. The molecule has 0 saturated carbocycles. The molecule has 1 fully saturated rings. The number of piperidine rings is 1. The monoisotopic (exact) mass is 312 g/mol. The molecule has 0 spiro atoms. The maximum atomic E-state index is 11.3. The van der Waals surface area contributed by atoms with Crippen molar-refractivity contribution >= 4 is 21.4 Å². The molecular weight excluding hydrogens is 288 g/mol. The molecule has 2 rings (SSSR count). The zero-order valence-electron chi connectivity index (χ0n) is 12.6. The molecule has 0 aliphatic carbocycles. The molecule has 7 heteroatoms. The Kier molecular flexibility index (Phi) is 4.46. The summed E-state index contributed by atoms with van der Waals surface area (Å²) in [5.41, 5.74) is 7.30. The van der Waals surface area contributed by atoms with Crippen molar-refractivity contribution in [2.75, 3.05) is 37.7 Å². The quantitative estimate of drug-likeness (QED) is 0.722. The normalized spacial score (nSPS) is 19.4. The van der Waals surface area contributed by atoms with Crippen LogP contribution in [-0.4, -0.2) is 40.0 Å². The lowest BCUT2D eigenvalue weighted by atomic mass is 9.80. The first-order valence-corrected chi connectivity index (χ1v) is 8.59. The second-order valence-corrected chi connectivity index (χ2v) is 7.82. The number of hydrogen-bond donors (Lipinski definition) is 3. The van der Waals surface area contributed by atoms with Crippen molar-refractivity contribution in [3.05, 3.63) is 18.2 Å². The van der Waals surface area contributed by atoms with Crippen molar-refractivity contribution < 1.29 is 8.42 Å². The highest BCUT2D eigenvalue weighted by Gasteiger charge is 2.28. The Hall–Kier alpha value is -1.31. The summed E-state index contributed by atoms with van der Waals surface area (Å²) in [5.74, 6) is 0. The highest BCUT2D eigenvalue weighted by Crippen LogP contribution is 2.31. The van der Waals surface area contributed by atoms with Crippen LogP contribution in [0.1, 0.15) is 19.8 Å². The molecule has 0 radical (unpaired) electrons. The molecule has 1 aliphatic heterocycles. The van der Waals surface area contributed by atoms with E-state index in [9.17, 15) is 8.42 Å². The van der Waals surface area contributed by atoms with Crippen molar-refractivity contribution in [3.63, 3.8) is 0 Å². The van der Waals surface area contributed by atoms with E-state index in [4.69, 9.17) is 10.9 Å². The first kappa shape index (κ1) is 16.1. The predicted molar refractivity (Wildman–Crippen MR) is 85.6 cm³/mol. The number of benzene rings is 1. The summed E-state index contributed by atoms with van der Waals surface area (Å²) in [7, 11) is -1.57. The molecule has 0 aromatic heterocycles. The lowest BCUT2D eigenvalue weighted by Gasteiger charge is -2.38. The van der Waals surface area contributed by atoms with Gasteiger partial charge in [0.05, 0.1) is 16.3 Å². The van der Waals surface area contributed by atoms with Gasteiger partial charge in [-0.05, 0) is 56.6 Å². The second kappa shape index (κ2) is 5.82. The predicted octanol–water partition coefficient (Wildman–Crippen LogP) is 1.06. The van der Waals surface area contributed by atoms with E-state index in [1.165, 1.54) is 12.1 Å². The van der Waals surface area contributed by atoms with Crippen LogP contribution in [0.4, 0.5) is 11.4 Å². The fourth-order valence-electron chi connectivity index (χ4n) is 2.52. The maximum absolute atomic E-state index is 11.3. The zero-order chi connectivity index (χ0) is 15.7. The third-order valence-electron chi connectivity index (χ3n) is 4.25. The van der Waals surface area contributed by atoms with Crippen LogP contribution in [-0.2, 0) is 10.0 Å². The third-order valence-corrected chi connectivity index (χ3v) is 5.16. The number of nitrogens with zero attached hydrogens (tertiary/aromatic N) is 1. The molecule has 118 valence electrons. The van der Waals surface area contributed by atoms with E-state index in [1.807, 2.05) is 0 Å². The summed E-state index contributed by atoms with van der Waals surface area (Å²) in [6.45, 7) is 5.28. The highest BCUT2D eigenvalue weighted by molar-refractivity contribution is 7.89. The van der Waals surface area contributed by atoms with Gasteiger partial charge in [-0.3, -0.25) is 0 Å². The number of sulfonamides is 1. The molecule has 1 aromatic rings. The molecule has 0 bridgehead atoms. The van der Waals surface area contributed by atoms with Gasteiger partial charge in [0.1, 0.15) is 0 Å². The molecule has 0 atom stereocenters. The molecule has 6 nitrogen and oxygen atoms in total. The van der Waals surface area contributed by atoms with Gasteiger partial charge in [0.15, 0.2) is 0 Å². The topological polar surface area (TPSA) is 101 Å². The molecule has 1 saturated heterocycles. The van der Waals surface area contributed by atoms with Gasteiger partial charge in [0.2, 0.25) is 10.0 Å². The molecule has 5 N–H and O–H groups in total. The van der Waals surface area contributed by atoms with E-state index in [0.717, 1.165) is 38.2 Å². The van der Waals surface area contributed by atoms with E-state index in [2.05, 4.69) is 24.2 Å². The number of rotatable bonds is 4. The van der Waals surface area contributed by atoms with Crippen molar-refractivity contribution in [1.29, 1.82) is 0 Å². The molecule has 1 heterocycles. The maximum Gasteiger partial charge on any atom is 0.238 e. The van der Waals surface area contributed by atoms with Crippen LogP contribution in [0.5, 0.6) is 0 Å². The van der Waals surface area contributed by atoms with Crippen molar-refractivity contribution in [3.8, 4) is 0 Å². The van der Waals surface area contributed by atoms with Crippen LogP contribution < -0.4 is 16.2 Å². The molecular formula is C14H24N4O2S. The van der Waals surface area contributed by atoms with Crippen LogP contribution in [0.2, 0.25) is 0 Å². The minimum Gasteiger partial charge on any atom is -0.397 e. The van der Waals surface area contributed by atoms with Gasteiger partial charge in [0, 0.05) is 6.54 Å². The van der Waals surface area contributed by atoms with Crippen molar-refractivity contribution in [2.24, 2.45) is 10.6 Å². The van der Waals surface area contributed by atoms with Crippen LogP contribution in [0.25, 0.3) is 0 Å². The SMILES string of the molecule is CN1CCC(C)(CNc2ccc(S(N)(=O)=O)cc2N)CC1. The first-order chi connectivity index (χ1) is 9.70. The van der Waals surface area contributed by atoms with Gasteiger partial charge in [-0.2, -0.15) is 0 Å². The Morgan fingerprint density at radius 1 is 1.33 bits per heavy atom. The highest BCUT2D eigenvalue weighted by atomic mass is 32.2. The van der Waals surface area contributed by atoms with Gasteiger partial charge in [-0.25, -0.2) is 13.6 Å². The Morgan fingerprint density at radius 2 is 1.95 bits per heavy atom. The summed E-state index contributed by atoms with van der Waals surface area (Å²) < 4.78 is 22.6. The minimum atomic E-state index is -3.71. The fourth-order valence-corrected chi connectivity index (χ4v) is 3.07. The summed E-state index contributed by atoms with van der Waals surface area (Å²) in [6, 6.07) is 4.55. The average Bonchev–Trinajstić information content (AvgIpc) is 2.40. The van der Waals surface area contributed by atoms with Crippen LogP contribution in [0.15, 0.2) is 23.1 Å². The molecule has 1 aromatic carbocycles. The van der Waals surface area contributed by atoms with Crippen LogP contribution in [0, 0.1) is 5.41 Å². The molecule has 21 heavy (non-hydrogen) atoms. The summed E-state index contributed by atoms with van der Waals surface area (Å²) >= 11 is 0. The smallest absolute Gasteiger partial charge is 0.238 e. The standard InChI is InChI=1S/C14H24N4O2S/c1-14(5-7-18(2)8-6-14)10-17-13-4-3-11(9-12(13)15)21(16,19)20/h3-4,9,17H,5-8,10,15H2,1-2H3,(H2,16,19,20). The Bertz CT molecular complexity index is 607. The van der Waals surface area contributed by atoms with E-state index < -0.39 is 10.0 Å². The number of anilines is 2. The Morgan fingerprint density at radius 3 is 2.48 bits per heavy atom. The van der Waals surface area contributed by atoms with Gasteiger partial charge in [-0.1, -0.05) is 6.92 Å². The Balaban J connectivity index is 2.04. The van der Waals surface area contributed by atoms with Gasteiger partial charge in [-0.15, -0.1) is 0 Å². The van der Waals surface area contributed by atoms with E-state index >= 15 is 0 Å². The molecule has 0 unspecified atom stereocenters. The van der Waals surface area contributed by atoms with E-state index in [-0.39, 0.29) is 10.3 Å². The number of primary sulfonamides is 1. The fraction of sp³-hybridized carbons (Fsp3) is 0.571. The number of nitrogens with two attached hydrogens (primary N) is 2. The number of hydrogen-bond acceptors (Lipinski definition) is 5. The van der Waals surface area contributed by atoms with Crippen molar-refractivity contribution in [1.82, 2.24) is 4.90 Å².